The molecule has 0 radical (unpaired) electrons. The van der Waals surface area contributed by atoms with Crippen LogP contribution in [0, 0.1) is 0 Å². The standard InChI is InChI=1S/C21H16Cl2N4O3S/c1-29-17-7-3-12(9-18(17)30-2)4-8-19(28)24-20-25-21-27(26-20)16(11-31-21)14-6-5-13(22)10-15(14)23/h3-11H,1-2H3,(H,24,26,28)/b8-4+. The van der Waals surface area contributed by atoms with Crippen LogP contribution in [0.1, 0.15) is 5.56 Å². The van der Waals surface area contributed by atoms with E-state index in [1.807, 2.05) is 17.5 Å². The maximum Gasteiger partial charge on any atom is 0.250 e. The fourth-order valence-electron chi connectivity index (χ4n) is 2.90. The van der Waals surface area contributed by atoms with E-state index in [1.54, 1.807) is 49.1 Å². The Balaban J connectivity index is 1.52. The van der Waals surface area contributed by atoms with Crippen LogP contribution in [-0.4, -0.2) is 34.7 Å². The van der Waals surface area contributed by atoms with Gasteiger partial charge >= 0.3 is 0 Å². The predicted octanol–water partition coefficient (Wildman–Crippen LogP) is 5.43. The monoisotopic (exact) mass is 474 g/mol. The van der Waals surface area contributed by atoms with Crippen LogP contribution in [0.2, 0.25) is 10.0 Å². The number of benzene rings is 2. The Morgan fingerprint density at radius 3 is 2.68 bits per heavy atom. The summed E-state index contributed by atoms with van der Waals surface area (Å²) in [7, 11) is 3.12. The molecule has 7 nitrogen and oxygen atoms in total. The second-order valence-corrected chi connectivity index (χ2v) is 7.99. The minimum atomic E-state index is -0.362. The Kier molecular flexibility index (Phi) is 6.13. The van der Waals surface area contributed by atoms with Gasteiger partial charge in [0.05, 0.1) is 24.9 Å². The van der Waals surface area contributed by atoms with E-state index in [1.165, 1.54) is 17.4 Å². The number of thiazole rings is 1. The largest absolute Gasteiger partial charge is 0.493 e. The Morgan fingerprint density at radius 1 is 1.13 bits per heavy atom. The first kappa shape index (κ1) is 21.2. The maximum atomic E-state index is 12.3. The molecule has 0 saturated heterocycles. The summed E-state index contributed by atoms with van der Waals surface area (Å²) < 4.78 is 12.1. The minimum absolute atomic E-state index is 0.195. The van der Waals surface area contributed by atoms with Crippen molar-refractivity contribution in [3.8, 4) is 22.8 Å². The molecular weight excluding hydrogens is 459 g/mol. The molecule has 1 N–H and O–H groups in total. The quantitative estimate of drug-likeness (QED) is 0.376. The molecular formula is C21H16Cl2N4O3S. The summed E-state index contributed by atoms with van der Waals surface area (Å²) in [6.45, 7) is 0. The minimum Gasteiger partial charge on any atom is -0.493 e. The molecule has 2 heterocycles. The molecule has 4 rings (SSSR count). The second kappa shape index (κ2) is 8.97. The molecule has 0 fully saturated rings. The smallest absolute Gasteiger partial charge is 0.250 e. The summed E-state index contributed by atoms with van der Waals surface area (Å²) >= 11 is 13.7. The van der Waals surface area contributed by atoms with Gasteiger partial charge in [0, 0.05) is 22.0 Å². The van der Waals surface area contributed by atoms with Gasteiger partial charge in [-0.15, -0.1) is 16.4 Å². The van der Waals surface area contributed by atoms with Crippen LogP contribution in [0.3, 0.4) is 0 Å². The van der Waals surface area contributed by atoms with Gasteiger partial charge in [0.15, 0.2) is 11.5 Å². The molecule has 0 spiro atoms. The van der Waals surface area contributed by atoms with E-state index in [4.69, 9.17) is 32.7 Å². The first-order chi connectivity index (χ1) is 15.0. The van der Waals surface area contributed by atoms with Gasteiger partial charge in [0.25, 0.3) is 11.9 Å². The van der Waals surface area contributed by atoms with Crippen molar-refractivity contribution < 1.29 is 14.3 Å². The van der Waals surface area contributed by atoms with E-state index >= 15 is 0 Å². The summed E-state index contributed by atoms with van der Waals surface area (Å²) in [6.07, 6.45) is 3.06. The van der Waals surface area contributed by atoms with Crippen LogP contribution >= 0.6 is 34.5 Å². The predicted molar refractivity (Wildman–Crippen MR) is 124 cm³/mol. The average Bonchev–Trinajstić information content (AvgIpc) is 3.32. The average molecular weight is 475 g/mol. The van der Waals surface area contributed by atoms with Crippen LogP contribution in [0.15, 0.2) is 47.9 Å². The summed E-state index contributed by atoms with van der Waals surface area (Å²) in [4.78, 5) is 17.3. The van der Waals surface area contributed by atoms with E-state index < -0.39 is 0 Å². The summed E-state index contributed by atoms with van der Waals surface area (Å²) in [5, 5.41) is 10.00. The lowest BCUT2D eigenvalue weighted by Crippen LogP contribution is -2.09. The number of fused-ring (bicyclic) bond motifs is 1. The zero-order valence-corrected chi connectivity index (χ0v) is 18.8. The van der Waals surface area contributed by atoms with Crippen molar-refractivity contribution in [1.82, 2.24) is 14.6 Å². The number of rotatable bonds is 6. The van der Waals surface area contributed by atoms with E-state index in [-0.39, 0.29) is 11.9 Å². The highest BCUT2D eigenvalue weighted by atomic mass is 35.5. The first-order valence-electron chi connectivity index (χ1n) is 8.99. The molecule has 0 unspecified atom stereocenters. The summed E-state index contributed by atoms with van der Waals surface area (Å²) in [6, 6.07) is 10.6. The van der Waals surface area contributed by atoms with Gasteiger partial charge in [-0.25, -0.2) is 4.52 Å². The van der Waals surface area contributed by atoms with Crippen molar-refractivity contribution >= 4 is 57.4 Å². The van der Waals surface area contributed by atoms with Crippen LogP contribution in [-0.2, 0) is 4.79 Å². The van der Waals surface area contributed by atoms with E-state index in [9.17, 15) is 4.79 Å². The molecule has 2 aromatic heterocycles. The molecule has 0 atom stereocenters. The van der Waals surface area contributed by atoms with Crippen LogP contribution in [0.4, 0.5) is 5.95 Å². The molecule has 0 aliphatic heterocycles. The maximum absolute atomic E-state index is 12.3. The van der Waals surface area contributed by atoms with Crippen molar-refractivity contribution in [3.05, 3.63) is 63.5 Å². The van der Waals surface area contributed by atoms with Gasteiger partial charge in [-0.05, 0) is 42.0 Å². The highest BCUT2D eigenvalue weighted by Crippen LogP contribution is 2.33. The fourth-order valence-corrected chi connectivity index (χ4v) is 4.22. The van der Waals surface area contributed by atoms with Crippen molar-refractivity contribution in [2.45, 2.75) is 0 Å². The van der Waals surface area contributed by atoms with Gasteiger partial charge in [-0.2, -0.15) is 4.98 Å². The van der Waals surface area contributed by atoms with Crippen molar-refractivity contribution in [2.75, 3.05) is 19.5 Å². The number of hydrogen-bond acceptors (Lipinski definition) is 6. The highest BCUT2D eigenvalue weighted by molar-refractivity contribution is 7.15. The number of carbonyl (C=O) groups excluding carboxylic acids is 1. The molecule has 0 aliphatic carbocycles. The van der Waals surface area contributed by atoms with Crippen LogP contribution < -0.4 is 14.8 Å². The molecule has 4 aromatic rings. The van der Waals surface area contributed by atoms with Gasteiger partial charge in [-0.1, -0.05) is 29.3 Å². The SMILES string of the molecule is COc1ccc(/C=C/C(=O)Nc2nc3scc(-c4ccc(Cl)cc4Cl)n3n2)cc1OC. The molecule has 10 heteroatoms. The third-order valence-electron chi connectivity index (χ3n) is 4.36. The van der Waals surface area contributed by atoms with Crippen molar-refractivity contribution in [3.63, 3.8) is 0 Å². The Labute approximate surface area is 191 Å². The number of anilines is 1. The number of halogens is 2. The molecule has 31 heavy (non-hydrogen) atoms. The normalized spacial score (nSPS) is 11.2. The third-order valence-corrected chi connectivity index (χ3v) is 5.72. The lowest BCUT2D eigenvalue weighted by Gasteiger charge is -2.07. The molecule has 158 valence electrons. The zero-order chi connectivity index (χ0) is 22.0. The molecule has 2 aromatic carbocycles. The second-order valence-electron chi connectivity index (χ2n) is 6.31. The zero-order valence-electron chi connectivity index (χ0n) is 16.4. The Hall–Kier alpha value is -3.07. The molecule has 0 aliphatic rings. The lowest BCUT2D eigenvalue weighted by molar-refractivity contribution is -0.111. The summed E-state index contributed by atoms with van der Waals surface area (Å²) in [5.74, 6) is 1.02. The number of amides is 1. The molecule has 0 bridgehead atoms. The van der Waals surface area contributed by atoms with Crippen molar-refractivity contribution in [1.29, 1.82) is 0 Å². The topological polar surface area (TPSA) is 77.8 Å². The van der Waals surface area contributed by atoms with Crippen LogP contribution in [0.5, 0.6) is 11.5 Å². The van der Waals surface area contributed by atoms with Gasteiger partial charge < -0.3 is 9.47 Å². The number of aromatic nitrogens is 3. The number of hydrogen-bond donors (Lipinski definition) is 1. The number of methoxy groups -OCH3 is 2. The number of ether oxygens (including phenoxy) is 2. The Bertz CT molecular complexity index is 1300. The molecule has 0 saturated carbocycles. The van der Waals surface area contributed by atoms with E-state index in [2.05, 4.69) is 15.4 Å². The first-order valence-corrected chi connectivity index (χ1v) is 10.6. The highest BCUT2D eigenvalue weighted by Gasteiger charge is 2.15. The molecule has 1 amide bonds. The number of carbonyl (C=O) groups is 1. The van der Waals surface area contributed by atoms with Gasteiger partial charge in [0.2, 0.25) is 4.96 Å². The summed E-state index contributed by atoms with van der Waals surface area (Å²) in [5.41, 5.74) is 2.32. The lowest BCUT2D eigenvalue weighted by atomic mass is 10.2. The van der Waals surface area contributed by atoms with Gasteiger partial charge in [0.1, 0.15) is 0 Å². The van der Waals surface area contributed by atoms with Crippen LogP contribution in [0.25, 0.3) is 22.3 Å². The van der Waals surface area contributed by atoms with E-state index in [0.29, 0.717) is 26.5 Å². The van der Waals surface area contributed by atoms with E-state index in [0.717, 1.165) is 16.8 Å². The number of nitrogens with zero attached hydrogens (tertiary/aromatic N) is 3. The van der Waals surface area contributed by atoms with Gasteiger partial charge in [-0.3, -0.25) is 10.1 Å². The Morgan fingerprint density at radius 2 is 1.94 bits per heavy atom. The third kappa shape index (κ3) is 4.51. The number of nitrogens with one attached hydrogen (secondary N) is 1. The fraction of sp³-hybridized carbons (Fsp3) is 0.0952. The van der Waals surface area contributed by atoms with Crippen molar-refractivity contribution in [2.24, 2.45) is 0 Å².